The number of rotatable bonds is 4. The Morgan fingerprint density at radius 3 is 3.21 bits per heavy atom. The molecule has 1 saturated heterocycles. The SMILES string of the molecule is c1cncc(C[C@@H]2CCCN(Cc3cscn3)C2)c1. The van der Waals surface area contributed by atoms with Crippen LogP contribution in [0.1, 0.15) is 24.1 Å². The highest BCUT2D eigenvalue weighted by Crippen LogP contribution is 2.21. The fourth-order valence-corrected chi connectivity index (χ4v) is 3.41. The summed E-state index contributed by atoms with van der Waals surface area (Å²) in [6.07, 6.45) is 7.64. The van der Waals surface area contributed by atoms with E-state index in [0.29, 0.717) is 0 Å². The minimum atomic E-state index is 0.761. The fourth-order valence-electron chi connectivity index (χ4n) is 2.86. The lowest BCUT2D eigenvalue weighted by molar-refractivity contribution is 0.165. The Morgan fingerprint density at radius 1 is 1.42 bits per heavy atom. The van der Waals surface area contributed by atoms with E-state index in [-0.39, 0.29) is 0 Å². The van der Waals surface area contributed by atoms with Crippen molar-refractivity contribution in [3.8, 4) is 0 Å². The van der Waals surface area contributed by atoms with Gasteiger partial charge >= 0.3 is 0 Å². The molecule has 0 aliphatic carbocycles. The van der Waals surface area contributed by atoms with Crippen LogP contribution in [0.3, 0.4) is 0 Å². The van der Waals surface area contributed by atoms with Crippen molar-refractivity contribution in [1.82, 2.24) is 14.9 Å². The number of likely N-dealkylation sites (tertiary alicyclic amines) is 1. The van der Waals surface area contributed by atoms with Crippen LogP contribution in [0.4, 0.5) is 0 Å². The van der Waals surface area contributed by atoms with Gasteiger partial charge in [-0.05, 0) is 43.4 Å². The molecule has 4 heteroatoms. The van der Waals surface area contributed by atoms with Crippen molar-refractivity contribution in [2.75, 3.05) is 13.1 Å². The maximum absolute atomic E-state index is 4.39. The fraction of sp³-hybridized carbons (Fsp3) is 0.467. The van der Waals surface area contributed by atoms with Gasteiger partial charge in [0.2, 0.25) is 0 Å². The van der Waals surface area contributed by atoms with E-state index < -0.39 is 0 Å². The van der Waals surface area contributed by atoms with Crippen molar-refractivity contribution in [3.63, 3.8) is 0 Å². The molecule has 3 rings (SSSR count). The molecule has 0 saturated carbocycles. The van der Waals surface area contributed by atoms with Crippen LogP contribution in [-0.2, 0) is 13.0 Å². The lowest BCUT2D eigenvalue weighted by atomic mass is 9.92. The molecule has 1 aliphatic heterocycles. The second-order valence-corrected chi connectivity index (χ2v) is 6.01. The minimum Gasteiger partial charge on any atom is -0.297 e. The molecule has 0 amide bonds. The van der Waals surface area contributed by atoms with Gasteiger partial charge in [-0.25, -0.2) is 4.98 Å². The lowest BCUT2D eigenvalue weighted by Crippen LogP contribution is -2.35. The summed E-state index contributed by atoms with van der Waals surface area (Å²) in [6, 6.07) is 4.22. The van der Waals surface area contributed by atoms with Crippen molar-refractivity contribution in [2.24, 2.45) is 5.92 Å². The number of thiazole rings is 1. The molecular formula is C15H19N3S. The Labute approximate surface area is 118 Å². The van der Waals surface area contributed by atoms with E-state index in [4.69, 9.17) is 0 Å². The largest absolute Gasteiger partial charge is 0.297 e. The van der Waals surface area contributed by atoms with Crippen molar-refractivity contribution in [3.05, 3.63) is 46.7 Å². The highest BCUT2D eigenvalue weighted by atomic mass is 32.1. The number of aromatic nitrogens is 2. The molecule has 1 fully saturated rings. The number of piperidine rings is 1. The standard InChI is InChI=1S/C15H19N3S/c1-3-13(8-16-5-1)7-14-4-2-6-18(9-14)10-15-11-19-12-17-15/h1,3,5,8,11-12,14H,2,4,6-7,9-10H2/t14-/m0/s1. The summed E-state index contributed by atoms with van der Waals surface area (Å²) < 4.78 is 0. The molecule has 0 N–H and O–H groups in total. The summed E-state index contributed by atoms with van der Waals surface area (Å²) in [5.74, 6) is 0.761. The zero-order chi connectivity index (χ0) is 12.9. The van der Waals surface area contributed by atoms with Crippen molar-refractivity contribution >= 4 is 11.3 Å². The van der Waals surface area contributed by atoms with Gasteiger partial charge in [0.05, 0.1) is 11.2 Å². The molecule has 0 spiro atoms. The van der Waals surface area contributed by atoms with Crippen LogP contribution >= 0.6 is 11.3 Å². The first-order chi connectivity index (χ1) is 9.40. The maximum Gasteiger partial charge on any atom is 0.0795 e. The predicted octanol–water partition coefficient (Wildman–Crippen LogP) is 2.99. The molecule has 0 aromatic carbocycles. The zero-order valence-electron chi connectivity index (χ0n) is 11.0. The average molecular weight is 273 g/mol. The third kappa shape index (κ3) is 3.61. The van der Waals surface area contributed by atoms with Crippen LogP contribution in [0, 0.1) is 5.92 Å². The van der Waals surface area contributed by atoms with Gasteiger partial charge in [-0.1, -0.05) is 6.07 Å². The third-order valence-electron chi connectivity index (χ3n) is 3.72. The third-order valence-corrected chi connectivity index (χ3v) is 4.35. The van der Waals surface area contributed by atoms with Crippen LogP contribution in [0.15, 0.2) is 35.4 Å². The van der Waals surface area contributed by atoms with E-state index in [0.717, 1.165) is 18.9 Å². The second kappa shape index (κ2) is 6.26. The maximum atomic E-state index is 4.39. The Hall–Kier alpha value is -1.26. The summed E-state index contributed by atoms with van der Waals surface area (Å²) in [5.41, 5.74) is 4.50. The van der Waals surface area contributed by atoms with Crippen molar-refractivity contribution < 1.29 is 0 Å². The van der Waals surface area contributed by atoms with Gasteiger partial charge in [0.15, 0.2) is 0 Å². The average Bonchev–Trinajstić information content (AvgIpc) is 2.93. The lowest BCUT2D eigenvalue weighted by Gasteiger charge is -2.32. The molecule has 2 aromatic heterocycles. The smallest absolute Gasteiger partial charge is 0.0795 e. The van der Waals surface area contributed by atoms with Gasteiger partial charge in [-0.15, -0.1) is 11.3 Å². The van der Waals surface area contributed by atoms with E-state index in [1.54, 1.807) is 11.3 Å². The van der Waals surface area contributed by atoms with Crippen LogP contribution < -0.4 is 0 Å². The van der Waals surface area contributed by atoms with Crippen LogP contribution in [0.2, 0.25) is 0 Å². The number of hydrogen-bond acceptors (Lipinski definition) is 4. The number of hydrogen-bond donors (Lipinski definition) is 0. The predicted molar refractivity (Wildman–Crippen MR) is 78.1 cm³/mol. The molecule has 1 atom stereocenters. The van der Waals surface area contributed by atoms with Crippen LogP contribution in [0.25, 0.3) is 0 Å². The Bertz CT molecular complexity index is 483. The summed E-state index contributed by atoms with van der Waals surface area (Å²) >= 11 is 1.69. The van der Waals surface area contributed by atoms with Gasteiger partial charge in [0.1, 0.15) is 0 Å². The summed E-state index contributed by atoms with van der Waals surface area (Å²) in [5, 5.41) is 2.16. The molecule has 2 aromatic rings. The first kappa shape index (κ1) is 12.8. The van der Waals surface area contributed by atoms with Gasteiger partial charge in [-0.3, -0.25) is 9.88 Å². The first-order valence-corrected chi connectivity index (χ1v) is 7.83. The van der Waals surface area contributed by atoms with E-state index in [1.807, 2.05) is 24.0 Å². The van der Waals surface area contributed by atoms with Crippen LogP contribution in [0.5, 0.6) is 0 Å². The topological polar surface area (TPSA) is 29.0 Å². The van der Waals surface area contributed by atoms with E-state index in [2.05, 4.69) is 26.3 Å². The Kier molecular flexibility index (Phi) is 4.20. The Balaban J connectivity index is 1.56. The molecule has 1 aliphatic rings. The molecule has 0 radical (unpaired) electrons. The second-order valence-electron chi connectivity index (χ2n) is 5.29. The van der Waals surface area contributed by atoms with E-state index in [9.17, 15) is 0 Å². The quantitative estimate of drug-likeness (QED) is 0.857. The highest BCUT2D eigenvalue weighted by molar-refractivity contribution is 7.07. The summed E-state index contributed by atoms with van der Waals surface area (Å²) in [6.45, 7) is 3.40. The van der Waals surface area contributed by atoms with Gasteiger partial charge < -0.3 is 0 Å². The number of pyridine rings is 1. The van der Waals surface area contributed by atoms with Crippen molar-refractivity contribution in [1.29, 1.82) is 0 Å². The molecule has 0 bridgehead atoms. The van der Waals surface area contributed by atoms with Crippen LogP contribution in [-0.4, -0.2) is 28.0 Å². The number of nitrogens with zero attached hydrogens (tertiary/aromatic N) is 3. The van der Waals surface area contributed by atoms with Gasteiger partial charge in [0, 0.05) is 30.9 Å². The molecule has 0 unspecified atom stereocenters. The molecule has 100 valence electrons. The molecule has 3 heterocycles. The highest BCUT2D eigenvalue weighted by Gasteiger charge is 2.20. The summed E-state index contributed by atoms with van der Waals surface area (Å²) in [7, 11) is 0. The first-order valence-electron chi connectivity index (χ1n) is 6.88. The van der Waals surface area contributed by atoms with Gasteiger partial charge in [-0.2, -0.15) is 0 Å². The zero-order valence-corrected chi connectivity index (χ0v) is 11.9. The normalized spacial score (nSPS) is 20.5. The van der Waals surface area contributed by atoms with Crippen molar-refractivity contribution in [2.45, 2.75) is 25.8 Å². The minimum absolute atomic E-state index is 0.761. The molecule has 19 heavy (non-hydrogen) atoms. The van der Waals surface area contributed by atoms with E-state index >= 15 is 0 Å². The Morgan fingerprint density at radius 2 is 2.42 bits per heavy atom. The monoisotopic (exact) mass is 273 g/mol. The summed E-state index contributed by atoms with van der Waals surface area (Å²) in [4.78, 5) is 11.1. The molecule has 3 nitrogen and oxygen atoms in total. The van der Waals surface area contributed by atoms with Gasteiger partial charge in [0.25, 0.3) is 0 Å². The van der Waals surface area contributed by atoms with E-state index in [1.165, 1.54) is 37.2 Å². The molecular weight excluding hydrogens is 254 g/mol.